The van der Waals surface area contributed by atoms with E-state index >= 15 is 0 Å². The van der Waals surface area contributed by atoms with Crippen LogP contribution in [0.2, 0.25) is 0 Å². The van der Waals surface area contributed by atoms with E-state index in [4.69, 9.17) is 4.98 Å². The lowest BCUT2D eigenvalue weighted by Gasteiger charge is -2.54. The minimum absolute atomic E-state index is 0.101. The highest BCUT2D eigenvalue weighted by atomic mass is 32.1. The van der Waals surface area contributed by atoms with Gasteiger partial charge in [0.1, 0.15) is 0 Å². The van der Waals surface area contributed by atoms with Crippen molar-refractivity contribution in [3.05, 3.63) is 59.8 Å². The highest BCUT2D eigenvalue weighted by Gasteiger charge is 2.48. The fraction of sp³-hybridized carbons (Fsp3) is 0.320. The fourth-order valence-electron chi connectivity index (χ4n) is 5.21. The van der Waals surface area contributed by atoms with Crippen LogP contribution in [0.25, 0.3) is 26.4 Å². The van der Waals surface area contributed by atoms with Crippen LogP contribution in [0.1, 0.15) is 40.0 Å². The third kappa shape index (κ3) is 3.15. The third-order valence-corrected chi connectivity index (χ3v) is 8.02. The molecule has 1 saturated heterocycles. The molecule has 0 bridgehead atoms. The molecule has 2 N–H and O–H groups in total. The SMILES string of the molecule is CNC(=O)c1ccc(-c2cn3c(n2)sc2cc(C(=O)CC4CC5(CNC5)C4)ccc23)cc1. The van der Waals surface area contributed by atoms with Gasteiger partial charge in [0.25, 0.3) is 5.91 Å². The number of hydrogen-bond donors (Lipinski definition) is 2. The van der Waals surface area contributed by atoms with E-state index < -0.39 is 0 Å². The number of Topliss-reactive ketones (excluding diaryl/α,β-unsaturated/α-hetero) is 1. The summed E-state index contributed by atoms with van der Waals surface area (Å²) < 4.78 is 3.16. The molecule has 6 nitrogen and oxygen atoms in total. The molecular weight excluding hydrogens is 420 g/mol. The van der Waals surface area contributed by atoms with Crippen molar-refractivity contribution in [2.24, 2.45) is 11.3 Å². The molecule has 1 aliphatic carbocycles. The highest BCUT2D eigenvalue weighted by Crippen LogP contribution is 2.50. The fourth-order valence-corrected chi connectivity index (χ4v) is 6.25. The van der Waals surface area contributed by atoms with Crippen molar-refractivity contribution in [1.29, 1.82) is 0 Å². The summed E-state index contributed by atoms with van der Waals surface area (Å²) in [6.07, 6.45) is 5.05. The standard InChI is InChI=1S/C25H24N4O2S/c1-26-23(31)17-4-2-16(3-5-17)19-12-29-20-7-6-18(9-22(20)32-24(29)28-19)21(30)8-15-10-25(11-15)13-27-14-25/h2-7,9,12,15,27H,8,10-11,13-14H2,1H3,(H,26,31). The zero-order valence-electron chi connectivity index (χ0n) is 17.9. The first kappa shape index (κ1) is 19.6. The number of thiazole rings is 1. The van der Waals surface area contributed by atoms with Crippen LogP contribution in [0.15, 0.2) is 48.7 Å². The number of amides is 1. The Morgan fingerprint density at radius 1 is 1.16 bits per heavy atom. The minimum Gasteiger partial charge on any atom is -0.355 e. The molecule has 2 aromatic carbocycles. The molecular formula is C25H24N4O2S. The smallest absolute Gasteiger partial charge is 0.251 e. The molecule has 4 aromatic rings. The summed E-state index contributed by atoms with van der Waals surface area (Å²) in [6, 6.07) is 13.5. The molecule has 1 amide bonds. The number of fused-ring (bicyclic) bond motifs is 3. The van der Waals surface area contributed by atoms with Crippen LogP contribution < -0.4 is 10.6 Å². The molecule has 1 saturated carbocycles. The van der Waals surface area contributed by atoms with Gasteiger partial charge in [0, 0.05) is 49.4 Å². The average Bonchev–Trinajstić information content (AvgIpc) is 3.31. The Morgan fingerprint density at radius 3 is 2.59 bits per heavy atom. The Balaban J connectivity index is 1.22. The number of nitrogens with zero attached hydrogens (tertiary/aromatic N) is 2. The topological polar surface area (TPSA) is 75.5 Å². The number of imidazole rings is 1. The second kappa shape index (κ2) is 7.25. The van der Waals surface area contributed by atoms with Crippen molar-refractivity contribution in [2.45, 2.75) is 19.3 Å². The number of nitrogens with one attached hydrogen (secondary N) is 2. The molecule has 1 spiro atoms. The number of benzene rings is 2. The van der Waals surface area contributed by atoms with Gasteiger partial charge in [-0.25, -0.2) is 4.98 Å². The predicted molar refractivity (Wildman–Crippen MR) is 126 cm³/mol. The van der Waals surface area contributed by atoms with E-state index in [0.29, 0.717) is 23.3 Å². The summed E-state index contributed by atoms with van der Waals surface area (Å²) in [6.45, 7) is 2.25. The average molecular weight is 445 g/mol. The monoisotopic (exact) mass is 444 g/mol. The summed E-state index contributed by atoms with van der Waals surface area (Å²) >= 11 is 1.60. The van der Waals surface area contributed by atoms with Crippen LogP contribution >= 0.6 is 11.3 Å². The van der Waals surface area contributed by atoms with E-state index in [1.54, 1.807) is 18.4 Å². The van der Waals surface area contributed by atoms with Gasteiger partial charge in [-0.2, -0.15) is 0 Å². The molecule has 2 aromatic heterocycles. The first-order chi connectivity index (χ1) is 15.5. The largest absolute Gasteiger partial charge is 0.355 e. The van der Waals surface area contributed by atoms with Gasteiger partial charge >= 0.3 is 0 Å². The Bertz CT molecular complexity index is 1360. The molecule has 7 heteroatoms. The minimum atomic E-state index is -0.101. The van der Waals surface area contributed by atoms with Gasteiger partial charge in [-0.15, -0.1) is 0 Å². The van der Waals surface area contributed by atoms with Gasteiger partial charge in [-0.05, 0) is 54.5 Å². The number of carbonyl (C=O) groups is 2. The van der Waals surface area contributed by atoms with Crippen molar-refractivity contribution in [3.63, 3.8) is 0 Å². The molecule has 3 heterocycles. The Hall–Kier alpha value is -3.03. The van der Waals surface area contributed by atoms with Gasteiger partial charge in [0.2, 0.25) is 0 Å². The second-order valence-electron chi connectivity index (χ2n) is 9.22. The number of ketones is 1. The lowest BCUT2D eigenvalue weighted by atomic mass is 9.57. The van der Waals surface area contributed by atoms with E-state index in [1.165, 1.54) is 12.8 Å². The quantitative estimate of drug-likeness (QED) is 0.454. The predicted octanol–water partition coefficient (Wildman–Crippen LogP) is 4.15. The van der Waals surface area contributed by atoms with Crippen LogP contribution in [-0.2, 0) is 0 Å². The summed E-state index contributed by atoms with van der Waals surface area (Å²) in [5.74, 6) is 0.691. The summed E-state index contributed by atoms with van der Waals surface area (Å²) in [5, 5.41) is 5.99. The number of rotatable bonds is 5. The van der Waals surface area contributed by atoms with E-state index in [-0.39, 0.29) is 11.7 Å². The van der Waals surface area contributed by atoms with E-state index in [0.717, 1.165) is 45.1 Å². The van der Waals surface area contributed by atoms with Gasteiger partial charge in [-0.1, -0.05) is 23.5 Å². The maximum atomic E-state index is 12.8. The van der Waals surface area contributed by atoms with Gasteiger partial charge < -0.3 is 10.6 Å². The summed E-state index contributed by atoms with van der Waals surface area (Å²) in [5.41, 5.74) is 4.83. The van der Waals surface area contributed by atoms with Crippen LogP contribution in [0, 0.1) is 11.3 Å². The third-order valence-electron chi connectivity index (χ3n) is 7.00. The molecule has 0 unspecified atom stereocenters. The Labute approximate surface area is 189 Å². The van der Waals surface area contributed by atoms with Crippen LogP contribution in [-0.4, -0.2) is 41.2 Å². The van der Waals surface area contributed by atoms with E-state index in [1.807, 2.05) is 48.7 Å². The normalized spacial score (nSPS) is 17.4. The first-order valence-electron chi connectivity index (χ1n) is 11.0. The molecule has 162 valence electrons. The van der Waals surface area contributed by atoms with Crippen molar-refractivity contribution in [1.82, 2.24) is 20.0 Å². The van der Waals surface area contributed by atoms with E-state index in [9.17, 15) is 9.59 Å². The zero-order valence-corrected chi connectivity index (χ0v) is 18.7. The summed E-state index contributed by atoms with van der Waals surface area (Å²) in [4.78, 5) is 30.3. The summed E-state index contributed by atoms with van der Waals surface area (Å²) in [7, 11) is 1.62. The molecule has 2 aliphatic rings. The lowest BCUT2D eigenvalue weighted by Crippen LogP contribution is -2.60. The Morgan fingerprint density at radius 2 is 1.91 bits per heavy atom. The maximum absolute atomic E-state index is 12.8. The van der Waals surface area contributed by atoms with Crippen molar-refractivity contribution in [2.75, 3.05) is 20.1 Å². The van der Waals surface area contributed by atoms with E-state index in [2.05, 4.69) is 15.0 Å². The zero-order chi connectivity index (χ0) is 21.9. The first-order valence-corrected chi connectivity index (χ1v) is 11.8. The molecule has 2 fully saturated rings. The van der Waals surface area contributed by atoms with Gasteiger partial charge in [0.05, 0.1) is 15.9 Å². The number of hydrogen-bond acceptors (Lipinski definition) is 5. The number of aromatic nitrogens is 2. The molecule has 1 aliphatic heterocycles. The molecule has 32 heavy (non-hydrogen) atoms. The van der Waals surface area contributed by atoms with Crippen molar-refractivity contribution >= 4 is 38.2 Å². The van der Waals surface area contributed by atoms with Crippen molar-refractivity contribution in [3.8, 4) is 11.3 Å². The van der Waals surface area contributed by atoms with Gasteiger partial charge in [0.15, 0.2) is 10.7 Å². The maximum Gasteiger partial charge on any atom is 0.251 e. The number of carbonyl (C=O) groups excluding carboxylic acids is 2. The van der Waals surface area contributed by atoms with Crippen molar-refractivity contribution < 1.29 is 9.59 Å². The highest BCUT2D eigenvalue weighted by molar-refractivity contribution is 7.23. The molecule has 0 radical (unpaired) electrons. The molecule has 6 rings (SSSR count). The molecule has 0 atom stereocenters. The lowest BCUT2D eigenvalue weighted by molar-refractivity contribution is -0.00116. The second-order valence-corrected chi connectivity index (χ2v) is 10.2. The van der Waals surface area contributed by atoms with Crippen LogP contribution in [0.3, 0.4) is 0 Å². The van der Waals surface area contributed by atoms with Gasteiger partial charge in [-0.3, -0.25) is 14.0 Å². The van der Waals surface area contributed by atoms with Crippen LogP contribution in [0.5, 0.6) is 0 Å². The van der Waals surface area contributed by atoms with Crippen LogP contribution in [0.4, 0.5) is 0 Å². The Kier molecular flexibility index (Phi) is 4.45.